The van der Waals surface area contributed by atoms with Crippen molar-refractivity contribution in [3.63, 3.8) is 0 Å². The molecule has 0 unspecified atom stereocenters. The van der Waals surface area contributed by atoms with E-state index in [0.29, 0.717) is 12.1 Å². The van der Waals surface area contributed by atoms with E-state index in [9.17, 15) is 26.4 Å². The summed E-state index contributed by atoms with van der Waals surface area (Å²) in [5.74, 6) is -0.755. The molecule has 32 heavy (non-hydrogen) atoms. The van der Waals surface area contributed by atoms with Gasteiger partial charge in [0.25, 0.3) is 0 Å². The number of amides is 1. The number of carbonyl (C=O) groups is 1. The Kier molecular flexibility index (Phi) is 6.49. The Morgan fingerprint density at radius 3 is 2.16 bits per heavy atom. The molecule has 3 rings (SSSR count). The molecule has 6 nitrogen and oxygen atoms in total. The van der Waals surface area contributed by atoms with Crippen LogP contribution in [0.5, 0.6) is 0 Å². The number of hydrogen-bond donors (Lipinski definition) is 1. The number of anilines is 1. The second-order valence-electron chi connectivity index (χ2n) is 8.77. The second-order valence-corrected chi connectivity index (χ2v) is 12.0. The first-order chi connectivity index (χ1) is 14.7. The molecule has 0 atom stereocenters. The van der Waals surface area contributed by atoms with Gasteiger partial charge in [0.05, 0.1) is 16.2 Å². The SMILES string of the molecule is Cc1nc(NC(=O)C2(S(=O)(=O)c3ccc(C(F)(F)F)cc3)CCOCC2)sc1C(C)(C)C. The molecule has 1 fully saturated rings. The summed E-state index contributed by atoms with van der Waals surface area (Å²) in [5.41, 5.74) is -0.424. The molecule has 0 saturated carbocycles. The molecule has 1 N–H and O–H groups in total. The van der Waals surface area contributed by atoms with E-state index in [1.807, 2.05) is 27.7 Å². The van der Waals surface area contributed by atoms with Gasteiger partial charge in [-0.15, -0.1) is 11.3 Å². The maximum Gasteiger partial charge on any atom is 0.416 e. The number of ether oxygens (including phenoxy) is 1. The predicted octanol–water partition coefficient (Wildman–Crippen LogP) is 4.73. The fourth-order valence-corrected chi connectivity index (χ4v) is 6.69. The summed E-state index contributed by atoms with van der Waals surface area (Å²) in [7, 11) is -4.32. The van der Waals surface area contributed by atoms with Gasteiger partial charge in [-0.3, -0.25) is 4.79 Å². The number of thiazole rings is 1. The maximum atomic E-state index is 13.5. The van der Waals surface area contributed by atoms with E-state index in [1.165, 1.54) is 11.3 Å². The van der Waals surface area contributed by atoms with Crippen LogP contribution in [0.2, 0.25) is 0 Å². The minimum Gasteiger partial charge on any atom is -0.381 e. The zero-order chi connectivity index (χ0) is 23.9. The summed E-state index contributed by atoms with van der Waals surface area (Å²) in [4.78, 5) is 18.3. The molecule has 1 saturated heterocycles. The van der Waals surface area contributed by atoms with Crippen LogP contribution >= 0.6 is 11.3 Å². The van der Waals surface area contributed by atoms with Gasteiger partial charge in [-0.05, 0) is 49.4 Å². The van der Waals surface area contributed by atoms with Crippen LogP contribution in [0, 0.1) is 6.92 Å². The number of carbonyl (C=O) groups excluding carboxylic acids is 1. The Hall–Kier alpha value is -1.98. The second kappa shape index (κ2) is 8.42. The fraction of sp³-hybridized carbons (Fsp3) is 0.524. The highest BCUT2D eigenvalue weighted by atomic mass is 32.2. The van der Waals surface area contributed by atoms with Crippen LogP contribution in [-0.4, -0.2) is 37.3 Å². The van der Waals surface area contributed by atoms with E-state index in [1.54, 1.807) is 0 Å². The number of alkyl halides is 3. The van der Waals surface area contributed by atoms with Crippen molar-refractivity contribution >= 4 is 32.2 Å². The number of halogens is 3. The number of sulfone groups is 1. The average Bonchev–Trinajstić information content (AvgIpc) is 3.08. The molecule has 0 radical (unpaired) electrons. The van der Waals surface area contributed by atoms with Gasteiger partial charge in [0.15, 0.2) is 19.7 Å². The van der Waals surface area contributed by atoms with Gasteiger partial charge in [0, 0.05) is 18.1 Å². The maximum absolute atomic E-state index is 13.5. The fourth-order valence-electron chi connectivity index (χ4n) is 3.72. The molecule has 2 aromatic rings. The first-order valence-corrected chi connectivity index (χ1v) is 12.3. The summed E-state index contributed by atoms with van der Waals surface area (Å²) in [6.07, 6.45) is -4.82. The zero-order valence-electron chi connectivity index (χ0n) is 18.2. The minimum atomic E-state index is -4.59. The van der Waals surface area contributed by atoms with E-state index in [2.05, 4.69) is 10.3 Å². The molecule has 0 bridgehead atoms. The van der Waals surface area contributed by atoms with Crippen molar-refractivity contribution in [2.45, 2.75) is 61.8 Å². The molecule has 1 aliphatic rings. The quantitative estimate of drug-likeness (QED) is 0.670. The third-order valence-corrected chi connectivity index (χ3v) is 9.43. The van der Waals surface area contributed by atoms with Crippen LogP contribution < -0.4 is 5.32 Å². The van der Waals surface area contributed by atoms with E-state index < -0.39 is 32.2 Å². The Bertz CT molecular complexity index is 1100. The summed E-state index contributed by atoms with van der Waals surface area (Å²) >= 11 is 1.27. The van der Waals surface area contributed by atoms with Crippen LogP contribution in [-0.2, 0) is 31.0 Å². The van der Waals surface area contributed by atoms with Gasteiger partial charge < -0.3 is 10.1 Å². The van der Waals surface area contributed by atoms with Crippen LogP contribution in [0.25, 0.3) is 0 Å². The van der Waals surface area contributed by atoms with Crippen molar-refractivity contribution in [2.24, 2.45) is 0 Å². The minimum absolute atomic E-state index is 0.0391. The lowest BCUT2D eigenvalue weighted by Gasteiger charge is -2.34. The predicted molar refractivity (Wildman–Crippen MR) is 116 cm³/mol. The van der Waals surface area contributed by atoms with Gasteiger partial charge in [0.2, 0.25) is 5.91 Å². The van der Waals surface area contributed by atoms with Gasteiger partial charge in [0.1, 0.15) is 0 Å². The Balaban J connectivity index is 1.98. The molecule has 1 amide bonds. The first-order valence-electron chi connectivity index (χ1n) is 9.97. The van der Waals surface area contributed by atoms with Crippen molar-refractivity contribution < 1.29 is 31.1 Å². The molecule has 1 aliphatic heterocycles. The van der Waals surface area contributed by atoms with E-state index in [4.69, 9.17) is 4.74 Å². The highest BCUT2D eigenvalue weighted by Crippen LogP contribution is 2.39. The number of hydrogen-bond acceptors (Lipinski definition) is 6. The molecular formula is C21H25F3N2O4S2. The van der Waals surface area contributed by atoms with E-state index >= 15 is 0 Å². The number of benzene rings is 1. The highest BCUT2D eigenvalue weighted by Gasteiger charge is 2.52. The lowest BCUT2D eigenvalue weighted by atomic mass is 9.94. The normalized spacial score (nSPS) is 17.2. The molecular weight excluding hydrogens is 465 g/mol. The summed E-state index contributed by atoms with van der Waals surface area (Å²) in [6.45, 7) is 7.92. The number of rotatable bonds is 4. The van der Waals surface area contributed by atoms with E-state index in [-0.39, 0.29) is 41.5 Å². The Morgan fingerprint density at radius 2 is 1.69 bits per heavy atom. The molecule has 2 heterocycles. The summed E-state index contributed by atoms with van der Waals surface area (Å²) in [5, 5.41) is 2.93. The van der Waals surface area contributed by atoms with Crippen molar-refractivity contribution in [3.8, 4) is 0 Å². The van der Waals surface area contributed by atoms with E-state index in [0.717, 1.165) is 22.7 Å². The number of aryl methyl sites for hydroxylation is 1. The van der Waals surface area contributed by atoms with Crippen LogP contribution in [0.1, 0.15) is 49.7 Å². The number of aromatic nitrogens is 1. The third kappa shape index (κ3) is 4.55. The molecule has 1 aromatic heterocycles. The lowest BCUT2D eigenvalue weighted by molar-refractivity contribution is -0.137. The lowest BCUT2D eigenvalue weighted by Crippen LogP contribution is -2.53. The Morgan fingerprint density at radius 1 is 1.12 bits per heavy atom. The third-order valence-electron chi connectivity index (χ3n) is 5.42. The van der Waals surface area contributed by atoms with Crippen molar-refractivity contribution in [1.82, 2.24) is 4.98 Å². The average molecular weight is 491 g/mol. The smallest absolute Gasteiger partial charge is 0.381 e. The highest BCUT2D eigenvalue weighted by molar-refractivity contribution is 7.93. The molecule has 11 heteroatoms. The summed E-state index contributed by atoms with van der Waals surface area (Å²) < 4.78 is 69.1. The largest absolute Gasteiger partial charge is 0.416 e. The molecule has 0 spiro atoms. The van der Waals surface area contributed by atoms with Crippen molar-refractivity contribution in [1.29, 1.82) is 0 Å². The zero-order valence-corrected chi connectivity index (χ0v) is 19.8. The van der Waals surface area contributed by atoms with Gasteiger partial charge in [-0.1, -0.05) is 20.8 Å². The van der Waals surface area contributed by atoms with Gasteiger partial charge in [-0.2, -0.15) is 13.2 Å². The van der Waals surface area contributed by atoms with Crippen LogP contribution in [0.4, 0.5) is 18.3 Å². The number of nitrogens with zero attached hydrogens (tertiary/aromatic N) is 1. The monoisotopic (exact) mass is 490 g/mol. The van der Waals surface area contributed by atoms with Crippen LogP contribution in [0.15, 0.2) is 29.2 Å². The van der Waals surface area contributed by atoms with Gasteiger partial charge in [-0.25, -0.2) is 13.4 Å². The van der Waals surface area contributed by atoms with Gasteiger partial charge >= 0.3 is 6.18 Å². The van der Waals surface area contributed by atoms with Crippen molar-refractivity contribution in [3.05, 3.63) is 40.4 Å². The number of nitrogens with one attached hydrogen (secondary N) is 1. The molecule has 1 aromatic carbocycles. The standard InChI is InChI=1S/C21H25F3N2O4S2/c1-13-16(19(2,3)4)31-18(25-13)26-17(27)20(9-11-30-12-10-20)32(28,29)15-7-5-14(6-8-15)21(22,23)24/h5-8H,9-12H2,1-4H3,(H,25,26,27). The Labute approximate surface area is 189 Å². The first kappa shape index (κ1) is 24.7. The van der Waals surface area contributed by atoms with Crippen molar-refractivity contribution in [2.75, 3.05) is 18.5 Å². The topological polar surface area (TPSA) is 85.4 Å². The molecule has 176 valence electrons. The molecule has 0 aliphatic carbocycles. The van der Waals surface area contributed by atoms with Crippen LogP contribution in [0.3, 0.4) is 0 Å². The summed E-state index contributed by atoms with van der Waals surface area (Å²) in [6, 6.07) is 3.21.